The van der Waals surface area contributed by atoms with Crippen molar-refractivity contribution < 1.29 is 14.5 Å². The summed E-state index contributed by atoms with van der Waals surface area (Å²) in [5.74, 6) is -0.353. The van der Waals surface area contributed by atoms with E-state index in [-0.39, 0.29) is 17.2 Å². The van der Waals surface area contributed by atoms with Crippen LogP contribution in [0.15, 0.2) is 18.2 Å². The SMILES string of the molecule is CNC(=O)c1ccc(NCCCOC)c([N+](=O)[O-])c1. The third kappa shape index (κ3) is 4.22. The zero-order chi connectivity index (χ0) is 14.3. The fraction of sp³-hybridized carbons (Fsp3) is 0.417. The van der Waals surface area contributed by atoms with Crippen molar-refractivity contribution in [1.29, 1.82) is 0 Å². The Morgan fingerprint density at radius 3 is 2.79 bits per heavy atom. The number of nitrogens with one attached hydrogen (secondary N) is 2. The molecule has 7 heteroatoms. The van der Waals surface area contributed by atoms with E-state index in [1.165, 1.54) is 19.2 Å². The smallest absolute Gasteiger partial charge is 0.293 e. The molecule has 0 unspecified atom stereocenters. The molecule has 0 fully saturated rings. The number of ether oxygens (including phenoxy) is 1. The number of benzene rings is 1. The molecule has 1 amide bonds. The van der Waals surface area contributed by atoms with Crippen molar-refractivity contribution in [1.82, 2.24) is 5.32 Å². The molecule has 0 saturated carbocycles. The van der Waals surface area contributed by atoms with E-state index in [1.54, 1.807) is 13.2 Å². The zero-order valence-electron chi connectivity index (χ0n) is 10.9. The highest BCUT2D eigenvalue weighted by Gasteiger charge is 2.16. The minimum absolute atomic E-state index is 0.112. The van der Waals surface area contributed by atoms with Crippen LogP contribution in [-0.2, 0) is 4.74 Å². The molecule has 1 aromatic rings. The van der Waals surface area contributed by atoms with E-state index >= 15 is 0 Å². The summed E-state index contributed by atoms with van der Waals surface area (Å²) in [4.78, 5) is 21.9. The van der Waals surface area contributed by atoms with Crippen LogP contribution in [-0.4, -0.2) is 38.1 Å². The predicted molar refractivity (Wildman–Crippen MR) is 71.5 cm³/mol. The van der Waals surface area contributed by atoms with Gasteiger partial charge in [0, 0.05) is 38.9 Å². The Hall–Kier alpha value is -2.15. The number of methoxy groups -OCH3 is 1. The van der Waals surface area contributed by atoms with Gasteiger partial charge in [-0.1, -0.05) is 0 Å². The Morgan fingerprint density at radius 2 is 2.21 bits per heavy atom. The molecule has 0 aliphatic rings. The van der Waals surface area contributed by atoms with Gasteiger partial charge in [-0.3, -0.25) is 14.9 Å². The summed E-state index contributed by atoms with van der Waals surface area (Å²) in [6.45, 7) is 1.14. The number of anilines is 1. The Bertz CT molecular complexity index is 462. The summed E-state index contributed by atoms with van der Waals surface area (Å²) >= 11 is 0. The molecule has 0 saturated heterocycles. The second-order valence-electron chi connectivity index (χ2n) is 3.84. The van der Waals surface area contributed by atoms with Gasteiger partial charge in [0.1, 0.15) is 5.69 Å². The van der Waals surface area contributed by atoms with Crippen molar-refractivity contribution in [3.63, 3.8) is 0 Å². The molecule has 0 radical (unpaired) electrons. The monoisotopic (exact) mass is 267 g/mol. The molecular weight excluding hydrogens is 250 g/mol. The summed E-state index contributed by atoms with van der Waals surface area (Å²) in [5.41, 5.74) is 0.545. The van der Waals surface area contributed by atoms with E-state index in [1.807, 2.05) is 0 Å². The van der Waals surface area contributed by atoms with E-state index in [4.69, 9.17) is 4.74 Å². The van der Waals surface area contributed by atoms with Gasteiger partial charge in [-0.05, 0) is 18.6 Å². The van der Waals surface area contributed by atoms with Gasteiger partial charge in [-0.25, -0.2) is 0 Å². The summed E-state index contributed by atoms with van der Waals surface area (Å²) in [5, 5.41) is 16.4. The lowest BCUT2D eigenvalue weighted by Gasteiger charge is -2.08. The van der Waals surface area contributed by atoms with Crippen molar-refractivity contribution in [2.24, 2.45) is 0 Å². The first-order valence-electron chi connectivity index (χ1n) is 5.83. The Labute approximate surface area is 111 Å². The Kier molecular flexibility index (Phi) is 5.74. The van der Waals surface area contributed by atoms with Gasteiger partial charge in [0.15, 0.2) is 0 Å². The number of rotatable bonds is 7. The van der Waals surface area contributed by atoms with Gasteiger partial charge in [0.2, 0.25) is 0 Å². The second kappa shape index (κ2) is 7.32. The minimum atomic E-state index is -0.509. The van der Waals surface area contributed by atoms with Crippen molar-refractivity contribution >= 4 is 17.3 Å². The number of amides is 1. The summed E-state index contributed by atoms with van der Waals surface area (Å²) < 4.78 is 4.90. The van der Waals surface area contributed by atoms with Crippen molar-refractivity contribution in [2.75, 3.05) is 32.6 Å². The zero-order valence-corrected chi connectivity index (χ0v) is 10.9. The van der Waals surface area contributed by atoms with Crippen LogP contribution in [0.1, 0.15) is 16.8 Å². The maximum absolute atomic E-state index is 11.4. The molecular formula is C12H17N3O4. The fourth-order valence-corrected chi connectivity index (χ4v) is 1.56. The molecule has 1 aromatic carbocycles. The van der Waals surface area contributed by atoms with Crippen LogP contribution >= 0.6 is 0 Å². The lowest BCUT2D eigenvalue weighted by Crippen LogP contribution is -2.18. The molecule has 2 N–H and O–H groups in total. The van der Waals surface area contributed by atoms with Gasteiger partial charge in [0.05, 0.1) is 4.92 Å². The Morgan fingerprint density at radius 1 is 1.47 bits per heavy atom. The van der Waals surface area contributed by atoms with E-state index in [2.05, 4.69) is 10.6 Å². The number of nitro groups is 1. The number of hydrogen-bond donors (Lipinski definition) is 2. The third-order valence-electron chi connectivity index (χ3n) is 2.52. The highest BCUT2D eigenvalue weighted by molar-refractivity contribution is 5.95. The molecule has 0 heterocycles. The number of nitrogens with zero attached hydrogens (tertiary/aromatic N) is 1. The lowest BCUT2D eigenvalue weighted by molar-refractivity contribution is -0.384. The average molecular weight is 267 g/mol. The van der Waals surface area contributed by atoms with Crippen LogP contribution < -0.4 is 10.6 Å². The molecule has 0 aliphatic heterocycles. The molecule has 104 valence electrons. The molecule has 1 rings (SSSR count). The van der Waals surface area contributed by atoms with Crippen molar-refractivity contribution in [2.45, 2.75) is 6.42 Å². The predicted octanol–water partition coefficient (Wildman–Crippen LogP) is 1.40. The summed E-state index contributed by atoms with van der Waals surface area (Å²) in [6.07, 6.45) is 0.741. The largest absolute Gasteiger partial charge is 0.385 e. The molecule has 19 heavy (non-hydrogen) atoms. The van der Waals surface area contributed by atoms with Gasteiger partial charge in [-0.15, -0.1) is 0 Å². The topological polar surface area (TPSA) is 93.5 Å². The Balaban J connectivity index is 2.86. The van der Waals surface area contributed by atoms with Gasteiger partial charge < -0.3 is 15.4 Å². The van der Waals surface area contributed by atoms with E-state index in [0.717, 1.165) is 6.42 Å². The number of carbonyl (C=O) groups excluding carboxylic acids is 1. The van der Waals surface area contributed by atoms with Crippen LogP contribution in [0.4, 0.5) is 11.4 Å². The molecule has 7 nitrogen and oxygen atoms in total. The first-order chi connectivity index (χ1) is 9.10. The minimum Gasteiger partial charge on any atom is -0.385 e. The van der Waals surface area contributed by atoms with Gasteiger partial charge in [-0.2, -0.15) is 0 Å². The van der Waals surface area contributed by atoms with Crippen molar-refractivity contribution in [3.05, 3.63) is 33.9 Å². The molecule has 0 bridgehead atoms. The van der Waals surface area contributed by atoms with E-state index in [0.29, 0.717) is 18.8 Å². The maximum Gasteiger partial charge on any atom is 0.293 e. The van der Waals surface area contributed by atoms with E-state index < -0.39 is 4.92 Å². The van der Waals surface area contributed by atoms with Gasteiger partial charge >= 0.3 is 0 Å². The average Bonchev–Trinajstić information content (AvgIpc) is 2.42. The number of hydrogen-bond acceptors (Lipinski definition) is 5. The van der Waals surface area contributed by atoms with Crippen LogP contribution in [0.3, 0.4) is 0 Å². The van der Waals surface area contributed by atoms with Crippen LogP contribution in [0.2, 0.25) is 0 Å². The fourth-order valence-electron chi connectivity index (χ4n) is 1.56. The number of nitro benzene ring substituents is 1. The maximum atomic E-state index is 11.4. The van der Waals surface area contributed by atoms with Gasteiger partial charge in [0.25, 0.3) is 11.6 Å². The standard InChI is InChI=1S/C12H17N3O4/c1-13-12(16)9-4-5-10(11(8-9)15(17)18)14-6-3-7-19-2/h4-5,8,14H,3,6-7H2,1-2H3,(H,13,16). The van der Waals surface area contributed by atoms with Crippen molar-refractivity contribution in [3.8, 4) is 0 Å². The highest BCUT2D eigenvalue weighted by Crippen LogP contribution is 2.25. The van der Waals surface area contributed by atoms with E-state index in [9.17, 15) is 14.9 Å². The lowest BCUT2D eigenvalue weighted by atomic mass is 10.1. The summed E-state index contributed by atoms with van der Waals surface area (Å²) in [7, 11) is 3.08. The molecule has 0 aromatic heterocycles. The highest BCUT2D eigenvalue weighted by atomic mass is 16.6. The summed E-state index contributed by atoms with van der Waals surface area (Å²) in [6, 6.07) is 4.34. The van der Waals surface area contributed by atoms with Crippen LogP contribution in [0.5, 0.6) is 0 Å². The molecule has 0 spiro atoms. The quantitative estimate of drug-likeness (QED) is 0.442. The first kappa shape index (κ1) is 14.9. The van der Waals surface area contributed by atoms with Crippen LogP contribution in [0, 0.1) is 10.1 Å². The van der Waals surface area contributed by atoms with Crippen LogP contribution in [0.25, 0.3) is 0 Å². The molecule has 0 aliphatic carbocycles. The first-order valence-corrected chi connectivity index (χ1v) is 5.83. The number of carbonyl (C=O) groups is 1. The third-order valence-corrected chi connectivity index (χ3v) is 2.52. The molecule has 0 atom stereocenters. The second-order valence-corrected chi connectivity index (χ2v) is 3.84. The normalized spacial score (nSPS) is 10.0.